The molecule has 1 aliphatic rings. The van der Waals surface area contributed by atoms with Gasteiger partial charge in [0.2, 0.25) is 0 Å². The fourth-order valence-corrected chi connectivity index (χ4v) is 3.22. The fraction of sp³-hybridized carbons (Fsp3) is 0.400. The molecule has 0 bridgehead atoms. The molecule has 0 aliphatic heterocycles. The maximum Gasteiger partial charge on any atom is 0.272 e. The van der Waals surface area contributed by atoms with E-state index in [9.17, 15) is 9.18 Å². The number of carbonyl (C=O) groups is 1. The number of halogens is 1. The number of hydrogen-bond acceptors (Lipinski definition) is 2. The highest BCUT2D eigenvalue weighted by Gasteiger charge is 2.19. The van der Waals surface area contributed by atoms with Crippen molar-refractivity contribution in [3.05, 3.63) is 65.3 Å². The van der Waals surface area contributed by atoms with Crippen LogP contribution in [0.25, 0.3) is 0 Å². The van der Waals surface area contributed by atoms with Crippen molar-refractivity contribution >= 4 is 5.91 Å². The third-order valence-electron chi connectivity index (χ3n) is 4.70. The Kier molecular flexibility index (Phi) is 5.64. The van der Waals surface area contributed by atoms with Gasteiger partial charge in [-0.15, -0.1) is 0 Å². The van der Waals surface area contributed by atoms with Crippen molar-refractivity contribution in [1.82, 2.24) is 14.7 Å². The van der Waals surface area contributed by atoms with Gasteiger partial charge in [-0.2, -0.15) is 5.10 Å². The number of nitrogens with zero attached hydrogens (tertiary/aromatic N) is 3. The number of aryl methyl sites for hydroxylation is 1. The van der Waals surface area contributed by atoms with E-state index in [1.807, 2.05) is 4.90 Å². The molecule has 1 amide bonds. The van der Waals surface area contributed by atoms with Gasteiger partial charge in [0.05, 0.1) is 0 Å². The summed E-state index contributed by atoms with van der Waals surface area (Å²) >= 11 is 0. The first-order valence-corrected chi connectivity index (χ1v) is 8.83. The van der Waals surface area contributed by atoms with Gasteiger partial charge in [-0.3, -0.25) is 9.48 Å². The van der Waals surface area contributed by atoms with Crippen molar-refractivity contribution in [2.45, 2.75) is 38.6 Å². The molecule has 1 aromatic heterocycles. The molecule has 0 saturated heterocycles. The molecule has 2 aromatic rings. The first kappa shape index (κ1) is 17.4. The number of hydrogen-bond donors (Lipinski definition) is 0. The lowest BCUT2D eigenvalue weighted by molar-refractivity contribution is 0.0733. The molecular formula is C20H24FN3O. The van der Waals surface area contributed by atoms with E-state index >= 15 is 0 Å². The van der Waals surface area contributed by atoms with Crippen LogP contribution in [0.15, 0.2) is 48.2 Å². The van der Waals surface area contributed by atoms with E-state index in [-0.39, 0.29) is 11.7 Å². The molecule has 0 spiro atoms. The van der Waals surface area contributed by atoms with Gasteiger partial charge in [0.25, 0.3) is 5.91 Å². The van der Waals surface area contributed by atoms with Crippen molar-refractivity contribution in [3.63, 3.8) is 0 Å². The molecule has 25 heavy (non-hydrogen) atoms. The third-order valence-corrected chi connectivity index (χ3v) is 4.70. The fourth-order valence-electron chi connectivity index (χ4n) is 3.22. The van der Waals surface area contributed by atoms with Crippen LogP contribution < -0.4 is 0 Å². The quantitative estimate of drug-likeness (QED) is 0.742. The van der Waals surface area contributed by atoms with Crippen molar-refractivity contribution in [3.8, 4) is 0 Å². The van der Waals surface area contributed by atoms with E-state index in [4.69, 9.17) is 0 Å². The number of rotatable bonds is 6. The van der Waals surface area contributed by atoms with Crippen molar-refractivity contribution in [2.75, 3.05) is 6.54 Å². The van der Waals surface area contributed by atoms with Crippen LogP contribution >= 0.6 is 0 Å². The normalized spacial score (nSPS) is 14.2. The second-order valence-electron chi connectivity index (χ2n) is 6.55. The van der Waals surface area contributed by atoms with Crippen molar-refractivity contribution in [2.24, 2.45) is 7.05 Å². The predicted octanol–water partition coefficient (Wildman–Crippen LogP) is 4.09. The predicted molar refractivity (Wildman–Crippen MR) is 95.5 cm³/mol. The summed E-state index contributed by atoms with van der Waals surface area (Å²) in [6.07, 6.45) is 9.61. The van der Waals surface area contributed by atoms with E-state index in [0.29, 0.717) is 18.8 Å². The summed E-state index contributed by atoms with van der Waals surface area (Å²) in [5.74, 6) is -0.304. The van der Waals surface area contributed by atoms with Gasteiger partial charge in [0.15, 0.2) is 0 Å². The molecule has 0 atom stereocenters. The molecular weight excluding hydrogens is 317 g/mol. The first-order chi connectivity index (χ1) is 12.1. The highest BCUT2D eigenvalue weighted by Crippen LogP contribution is 2.21. The van der Waals surface area contributed by atoms with Crippen molar-refractivity contribution < 1.29 is 9.18 Å². The van der Waals surface area contributed by atoms with Gasteiger partial charge in [-0.05, 0) is 55.9 Å². The Morgan fingerprint density at radius 2 is 2.04 bits per heavy atom. The van der Waals surface area contributed by atoms with E-state index < -0.39 is 0 Å². The minimum absolute atomic E-state index is 0.0410. The van der Waals surface area contributed by atoms with Gasteiger partial charge < -0.3 is 4.90 Å². The van der Waals surface area contributed by atoms with Crippen LogP contribution in [0.2, 0.25) is 0 Å². The Bertz CT molecular complexity index is 749. The van der Waals surface area contributed by atoms with E-state index in [2.05, 4.69) is 11.2 Å². The van der Waals surface area contributed by atoms with Crippen LogP contribution in [0.5, 0.6) is 0 Å². The standard InChI is InChI=1S/C20H24FN3O/c1-23-19(11-13-22-23)20(25)24(14-12-16-5-3-2-4-6-16)15-17-7-9-18(21)10-8-17/h5,7-11,13H,2-4,6,12,14-15H2,1H3. The largest absolute Gasteiger partial charge is 0.333 e. The van der Waals surface area contributed by atoms with Crippen LogP contribution in [-0.2, 0) is 13.6 Å². The zero-order valence-corrected chi connectivity index (χ0v) is 14.6. The van der Waals surface area contributed by atoms with Crippen LogP contribution in [0.3, 0.4) is 0 Å². The van der Waals surface area contributed by atoms with Crippen LogP contribution in [0.1, 0.15) is 48.2 Å². The maximum atomic E-state index is 13.2. The summed E-state index contributed by atoms with van der Waals surface area (Å²) in [5, 5.41) is 4.10. The monoisotopic (exact) mass is 341 g/mol. The average Bonchev–Trinajstić information content (AvgIpc) is 3.06. The highest BCUT2D eigenvalue weighted by atomic mass is 19.1. The molecule has 132 valence electrons. The Balaban J connectivity index is 1.74. The zero-order valence-electron chi connectivity index (χ0n) is 14.6. The van der Waals surface area contributed by atoms with Gasteiger partial charge in [0, 0.05) is 26.3 Å². The molecule has 0 fully saturated rings. The molecule has 0 radical (unpaired) electrons. The molecule has 1 aliphatic carbocycles. The van der Waals surface area contributed by atoms with E-state index in [0.717, 1.165) is 24.8 Å². The summed E-state index contributed by atoms with van der Waals surface area (Å²) < 4.78 is 14.7. The molecule has 1 heterocycles. The molecule has 1 aromatic carbocycles. The molecule has 0 saturated carbocycles. The van der Waals surface area contributed by atoms with Crippen molar-refractivity contribution in [1.29, 1.82) is 0 Å². The highest BCUT2D eigenvalue weighted by molar-refractivity contribution is 5.92. The second kappa shape index (κ2) is 8.10. The molecule has 3 rings (SSSR count). The molecule has 4 nitrogen and oxygen atoms in total. The Morgan fingerprint density at radius 1 is 1.24 bits per heavy atom. The zero-order chi connectivity index (χ0) is 17.6. The van der Waals surface area contributed by atoms with Gasteiger partial charge >= 0.3 is 0 Å². The summed E-state index contributed by atoms with van der Waals surface area (Å²) in [4.78, 5) is 14.8. The number of amides is 1. The van der Waals surface area contributed by atoms with Crippen LogP contribution in [0.4, 0.5) is 4.39 Å². The Morgan fingerprint density at radius 3 is 2.68 bits per heavy atom. The number of carbonyl (C=O) groups excluding carboxylic acids is 1. The smallest absolute Gasteiger partial charge is 0.272 e. The lowest BCUT2D eigenvalue weighted by Crippen LogP contribution is -2.33. The van der Waals surface area contributed by atoms with E-state index in [1.165, 1.54) is 30.5 Å². The van der Waals surface area contributed by atoms with Gasteiger partial charge in [0.1, 0.15) is 11.5 Å². The lowest BCUT2D eigenvalue weighted by atomic mass is 9.97. The summed E-state index contributed by atoms with van der Waals surface area (Å²) in [6.45, 7) is 1.13. The summed E-state index contributed by atoms with van der Waals surface area (Å²) in [6, 6.07) is 8.08. The molecule has 0 unspecified atom stereocenters. The second-order valence-corrected chi connectivity index (χ2v) is 6.55. The Labute approximate surface area is 148 Å². The maximum absolute atomic E-state index is 13.2. The number of benzene rings is 1. The summed E-state index contributed by atoms with van der Waals surface area (Å²) in [5.41, 5.74) is 2.93. The lowest BCUT2D eigenvalue weighted by Gasteiger charge is -2.24. The Hall–Kier alpha value is -2.43. The van der Waals surface area contributed by atoms with Crippen LogP contribution in [0, 0.1) is 5.82 Å². The minimum atomic E-state index is -0.263. The first-order valence-electron chi connectivity index (χ1n) is 8.83. The number of aromatic nitrogens is 2. The van der Waals surface area contributed by atoms with E-state index in [1.54, 1.807) is 36.1 Å². The van der Waals surface area contributed by atoms with Gasteiger partial charge in [-0.25, -0.2) is 4.39 Å². The van der Waals surface area contributed by atoms with Crippen LogP contribution in [-0.4, -0.2) is 27.1 Å². The number of allylic oxidation sites excluding steroid dienone is 1. The third kappa shape index (κ3) is 4.56. The molecule has 0 N–H and O–H groups in total. The topological polar surface area (TPSA) is 38.1 Å². The minimum Gasteiger partial charge on any atom is -0.333 e. The SMILES string of the molecule is Cn1nccc1C(=O)N(CCC1=CCCCC1)Cc1ccc(F)cc1. The average molecular weight is 341 g/mol. The molecule has 5 heteroatoms. The summed E-state index contributed by atoms with van der Waals surface area (Å²) in [7, 11) is 1.77. The van der Waals surface area contributed by atoms with Gasteiger partial charge in [-0.1, -0.05) is 23.8 Å².